The molecule has 3 aliphatic rings. The topological polar surface area (TPSA) is 29.1 Å². The van der Waals surface area contributed by atoms with Gasteiger partial charge < -0.3 is 5.32 Å². The van der Waals surface area contributed by atoms with E-state index in [9.17, 15) is 4.79 Å². The third-order valence-electron chi connectivity index (χ3n) is 5.03. The molecular weight excluding hydrogens is 210 g/mol. The quantitative estimate of drug-likeness (QED) is 0.725. The van der Waals surface area contributed by atoms with Crippen molar-refractivity contribution in [1.82, 2.24) is 5.32 Å². The SMILES string of the molecule is Cc1ccc2c(c1)C(=O)N[C@H]1[C@@H]3CC[C@@H](C3)[C@@H]21. The molecule has 1 aliphatic heterocycles. The number of fused-ring (bicyclic) bond motifs is 7. The summed E-state index contributed by atoms with van der Waals surface area (Å²) in [5.41, 5.74) is 3.43. The van der Waals surface area contributed by atoms with Gasteiger partial charge in [0.15, 0.2) is 0 Å². The molecule has 2 nitrogen and oxygen atoms in total. The largest absolute Gasteiger partial charge is 0.348 e. The van der Waals surface area contributed by atoms with Crippen molar-refractivity contribution < 1.29 is 4.79 Å². The first-order valence-corrected chi connectivity index (χ1v) is 6.65. The lowest BCUT2D eigenvalue weighted by atomic mass is 9.75. The van der Waals surface area contributed by atoms with Crippen LogP contribution in [0.3, 0.4) is 0 Å². The minimum atomic E-state index is 0.150. The third kappa shape index (κ3) is 1.18. The zero-order valence-corrected chi connectivity index (χ0v) is 10.1. The molecular formula is C15H17NO. The van der Waals surface area contributed by atoms with Crippen LogP contribution in [0.25, 0.3) is 0 Å². The van der Waals surface area contributed by atoms with Gasteiger partial charge in [-0.2, -0.15) is 0 Å². The molecule has 17 heavy (non-hydrogen) atoms. The molecule has 2 aliphatic carbocycles. The van der Waals surface area contributed by atoms with Crippen LogP contribution < -0.4 is 5.32 Å². The van der Waals surface area contributed by atoms with Crippen LogP contribution in [0, 0.1) is 18.8 Å². The fourth-order valence-corrected chi connectivity index (χ4v) is 4.33. The fraction of sp³-hybridized carbons (Fsp3) is 0.533. The first-order chi connectivity index (χ1) is 8.24. The molecule has 2 fully saturated rings. The molecule has 2 heteroatoms. The highest BCUT2D eigenvalue weighted by Gasteiger charge is 2.51. The maximum atomic E-state index is 12.1. The van der Waals surface area contributed by atoms with Crippen LogP contribution >= 0.6 is 0 Å². The molecule has 1 heterocycles. The van der Waals surface area contributed by atoms with Crippen molar-refractivity contribution in [3.05, 3.63) is 34.9 Å². The van der Waals surface area contributed by atoms with Crippen molar-refractivity contribution in [2.45, 2.75) is 38.1 Å². The fourth-order valence-electron chi connectivity index (χ4n) is 4.33. The lowest BCUT2D eigenvalue weighted by molar-refractivity contribution is 0.0895. The first kappa shape index (κ1) is 9.69. The van der Waals surface area contributed by atoms with Gasteiger partial charge in [-0.3, -0.25) is 4.79 Å². The molecule has 88 valence electrons. The molecule has 0 spiro atoms. The molecule has 0 radical (unpaired) electrons. The van der Waals surface area contributed by atoms with E-state index in [4.69, 9.17) is 0 Å². The van der Waals surface area contributed by atoms with E-state index in [1.165, 1.54) is 30.4 Å². The van der Waals surface area contributed by atoms with E-state index in [0.717, 1.165) is 17.4 Å². The molecule has 4 rings (SSSR count). The first-order valence-electron chi connectivity index (χ1n) is 6.65. The minimum Gasteiger partial charge on any atom is -0.348 e. The van der Waals surface area contributed by atoms with E-state index < -0.39 is 0 Å². The Morgan fingerprint density at radius 2 is 2.06 bits per heavy atom. The lowest BCUT2D eigenvalue weighted by Crippen LogP contribution is -2.47. The Balaban J connectivity index is 1.88. The number of benzene rings is 1. The van der Waals surface area contributed by atoms with Crippen LogP contribution in [0.4, 0.5) is 0 Å². The second kappa shape index (κ2) is 3.12. The van der Waals surface area contributed by atoms with Gasteiger partial charge in [-0.25, -0.2) is 0 Å². The van der Waals surface area contributed by atoms with Crippen molar-refractivity contribution in [1.29, 1.82) is 0 Å². The molecule has 1 N–H and O–H groups in total. The molecule has 0 aromatic heterocycles. The summed E-state index contributed by atoms with van der Waals surface area (Å²) in [7, 11) is 0. The van der Waals surface area contributed by atoms with Gasteiger partial charge in [0.25, 0.3) is 5.91 Å². The molecule has 1 aromatic carbocycles. The van der Waals surface area contributed by atoms with Gasteiger partial charge in [-0.15, -0.1) is 0 Å². The van der Waals surface area contributed by atoms with Gasteiger partial charge in [0.2, 0.25) is 0 Å². The molecule has 0 saturated heterocycles. The van der Waals surface area contributed by atoms with Gasteiger partial charge in [-0.05, 0) is 49.7 Å². The number of amides is 1. The molecule has 2 bridgehead atoms. The average Bonchev–Trinajstić information content (AvgIpc) is 2.90. The van der Waals surface area contributed by atoms with Crippen LogP contribution in [0.15, 0.2) is 18.2 Å². The number of rotatable bonds is 0. The lowest BCUT2D eigenvalue weighted by Gasteiger charge is -2.37. The predicted molar refractivity (Wildman–Crippen MR) is 66.0 cm³/mol. The normalized spacial score (nSPS) is 37.6. The molecule has 4 atom stereocenters. The Bertz CT molecular complexity index is 508. The Morgan fingerprint density at radius 1 is 1.24 bits per heavy atom. The van der Waals surface area contributed by atoms with Gasteiger partial charge in [-0.1, -0.05) is 17.7 Å². The van der Waals surface area contributed by atoms with Crippen molar-refractivity contribution in [2.24, 2.45) is 11.8 Å². The maximum Gasteiger partial charge on any atom is 0.251 e. The van der Waals surface area contributed by atoms with Gasteiger partial charge in [0, 0.05) is 17.5 Å². The van der Waals surface area contributed by atoms with Crippen LogP contribution in [-0.2, 0) is 0 Å². The molecule has 0 unspecified atom stereocenters. The summed E-state index contributed by atoms with van der Waals surface area (Å²) in [5.74, 6) is 2.30. The third-order valence-corrected chi connectivity index (χ3v) is 5.03. The van der Waals surface area contributed by atoms with E-state index in [2.05, 4.69) is 24.4 Å². The van der Waals surface area contributed by atoms with Gasteiger partial charge in [0.05, 0.1) is 0 Å². The number of nitrogens with one attached hydrogen (secondary N) is 1. The van der Waals surface area contributed by atoms with Crippen molar-refractivity contribution in [3.8, 4) is 0 Å². The summed E-state index contributed by atoms with van der Waals surface area (Å²) in [4.78, 5) is 12.1. The average molecular weight is 227 g/mol. The highest BCUT2D eigenvalue weighted by Crippen LogP contribution is 2.54. The van der Waals surface area contributed by atoms with Gasteiger partial charge in [0.1, 0.15) is 0 Å². The summed E-state index contributed by atoms with van der Waals surface area (Å²) < 4.78 is 0. The summed E-state index contributed by atoms with van der Waals surface area (Å²) in [6, 6.07) is 6.83. The van der Waals surface area contributed by atoms with E-state index in [1.807, 2.05) is 6.07 Å². The standard InChI is InChI=1S/C15H17NO/c1-8-2-5-11-12(6-8)15(17)16-14-10-4-3-9(7-10)13(11)14/h2,5-6,9-10,13-14H,3-4,7H2,1H3,(H,16,17)/t9-,10+,13-,14-/m0/s1. The van der Waals surface area contributed by atoms with E-state index in [-0.39, 0.29) is 5.91 Å². The second-order valence-electron chi connectivity index (χ2n) is 5.95. The zero-order valence-electron chi connectivity index (χ0n) is 10.1. The smallest absolute Gasteiger partial charge is 0.251 e. The van der Waals surface area contributed by atoms with Crippen molar-refractivity contribution in [2.75, 3.05) is 0 Å². The second-order valence-corrected chi connectivity index (χ2v) is 5.95. The number of hydrogen-bond acceptors (Lipinski definition) is 1. The minimum absolute atomic E-state index is 0.150. The van der Waals surface area contributed by atoms with Gasteiger partial charge >= 0.3 is 0 Å². The summed E-state index contributed by atoms with van der Waals surface area (Å²) in [6.45, 7) is 2.06. The van der Waals surface area contributed by atoms with E-state index >= 15 is 0 Å². The Kier molecular flexibility index (Phi) is 1.78. The number of aryl methyl sites for hydroxylation is 1. The maximum absolute atomic E-state index is 12.1. The summed E-state index contributed by atoms with van der Waals surface area (Å²) >= 11 is 0. The molecule has 1 aromatic rings. The Morgan fingerprint density at radius 3 is 2.94 bits per heavy atom. The highest BCUT2D eigenvalue weighted by atomic mass is 16.1. The molecule has 1 amide bonds. The summed E-state index contributed by atoms with van der Waals surface area (Å²) in [6.07, 6.45) is 3.99. The number of carbonyl (C=O) groups is 1. The Hall–Kier alpha value is -1.31. The van der Waals surface area contributed by atoms with Crippen LogP contribution in [0.1, 0.15) is 46.7 Å². The van der Waals surface area contributed by atoms with E-state index in [1.54, 1.807) is 0 Å². The van der Waals surface area contributed by atoms with Crippen molar-refractivity contribution >= 4 is 5.91 Å². The highest BCUT2D eigenvalue weighted by molar-refractivity contribution is 5.97. The van der Waals surface area contributed by atoms with Crippen LogP contribution in [0.5, 0.6) is 0 Å². The van der Waals surface area contributed by atoms with Crippen LogP contribution in [-0.4, -0.2) is 11.9 Å². The number of carbonyl (C=O) groups excluding carboxylic acids is 1. The monoisotopic (exact) mass is 227 g/mol. The summed E-state index contributed by atoms with van der Waals surface area (Å²) in [5, 5.41) is 3.25. The molecule has 2 saturated carbocycles. The number of hydrogen-bond donors (Lipinski definition) is 1. The van der Waals surface area contributed by atoms with E-state index in [0.29, 0.717) is 12.0 Å². The predicted octanol–water partition coefficient (Wildman–Crippen LogP) is 2.62. The van der Waals surface area contributed by atoms with Crippen LogP contribution in [0.2, 0.25) is 0 Å². The zero-order chi connectivity index (χ0) is 11.6. The Labute approximate surface area is 101 Å². The van der Waals surface area contributed by atoms with Crippen molar-refractivity contribution in [3.63, 3.8) is 0 Å².